The summed E-state index contributed by atoms with van der Waals surface area (Å²) in [6, 6.07) is 0. The van der Waals surface area contributed by atoms with Crippen molar-refractivity contribution in [1.82, 2.24) is 4.31 Å². The third-order valence-electron chi connectivity index (χ3n) is 4.07. The molecule has 1 saturated carbocycles. The lowest BCUT2D eigenvalue weighted by Gasteiger charge is -2.34. The van der Waals surface area contributed by atoms with Crippen molar-refractivity contribution in [2.45, 2.75) is 50.2 Å². The minimum absolute atomic E-state index is 0.161. The first-order chi connectivity index (χ1) is 8.51. The number of piperidine rings is 1. The SMILES string of the molecule is O=C(O)[C@H]1CCCN(S(=O)(=O)C2CCCCC2)C1. The first-order valence-electron chi connectivity index (χ1n) is 6.73. The van der Waals surface area contributed by atoms with Crippen molar-refractivity contribution in [2.75, 3.05) is 13.1 Å². The normalized spacial score (nSPS) is 28.1. The first-order valence-corrected chi connectivity index (χ1v) is 8.24. The molecule has 0 bridgehead atoms. The molecule has 0 amide bonds. The Labute approximate surface area is 108 Å². The first kappa shape index (κ1) is 13.8. The standard InChI is InChI=1S/C12H21NO4S/c14-12(15)10-5-4-8-13(9-10)18(16,17)11-6-2-1-3-7-11/h10-11H,1-9H2,(H,14,15)/t10-/m0/s1. The van der Waals surface area contributed by atoms with E-state index in [1.807, 2.05) is 0 Å². The lowest BCUT2D eigenvalue weighted by molar-refractivity contribution is -0.142. The predicted molar refractivity (Wildman–Crippen MR) is 67.7 cm³/mol. The van der Waals surface area contributed by atoms with E-state index in [0.717, 1.165) is 32.1 Å². The van der Waals surface area contributed by atoms with Gasteiger partial charge in [-0.2, -0.15) is 0 Å². The summed E-state index contributed by atoms with van der Waals surface area (Å²) in [5.41, 5.74) is 0. The summed E-state index contributed by atoms with van der Waals surface area (Å²) in [6.07, 6.45) is 5.77. The number of sulfonamides is 1. The minimum Gasteiger partial charge on any atom is -0.481 e. The quantitative estimate of drug-likeness (QED) is 0.846. The molecule has 0 spiro atoms. The number of carboxylic acids is 1. The van der Waals surface area contributed by atoms with E-state index in [-0.39, 0.29) is 11.8 Å². The Morgan fingerprint density at radius 2 is 1.72 bits per heavy atom. The molecule has 0 aromatic heterocycles. The number of hydrogen-bond acceptors (Lipinski definition) is 3. The zero-order valence-corrected chi connectivity index (χ0v) is 11.4. The topological polar surface area (TPSA) is 74.7 Å². The fraction of sp³-hybridized carbons (Fsp3) is 0.917. The molecular weight excluding hydrogens is 254 g/mol. The lowest BCUT2D eigenvalue weighted by Crippen LogP contribution is -2.46. The highest BCUT2D eigenvalue weighted by molar-refractivity contribution is 7.89. The summed E-state index contributed by atoms with van der Waals surface area (Å²) < 4.78 is 26.3. The third kappa shape index (κ3) is 2.85. The lowest BCUT2D eigenvalue weighted by atomic mass is 10.0. The maximum absolute atomic E-state index is 12.4. The van der Waals surface area contributed by atoms with Gasteiger partial charge in [0.1, 0.15) is 0 Å². The maximum atomic E-state index is 12.4. The number of rotatable bonds is 3. The molecule has 6 heteroatoms. The Hall–Kier alpha value is -0.620. The van der Waals surface area contributed by atoms with Crippen LogP contribution in [0, 0.1) is 5.92 Å². The average molecular weight is 275 g/mol. The Bertz CT molecular complexity index is 400. The van der Waals surface area contributed by atoms with Crippen LogP contribution >= 0.6 is 0 Å². The monoisotopic (exact) mass is 275 g/mol. The maximum Gasteiger partial charge on any atom is 0.307 e. The fourth-order valence-electron chi connectivity index (χ4n) is 2.95. The molecule has 1 atom stereocenters. The molecule has 1 aliphatic carbocycles. The van der Waals surface area contributed by atoms with E-state index in [0.29, 0.717) is 19.4 Å². The van der Waals surface area contributed by atoms with E-state index in [1.165, 1.54) is 4.31 Å². The fourth-order valence-corrected chi connectivity index (χ4v) is 5.07. The Morgan fingerprint density at radius 1 is 1.06 bits per heavy atom. The van der Waals surface area contributed by atoms with Crippen molar-refractivity contribution >= 4 is 16.0 Å². The summed E-state index contributed by atoms with van der Waals surface area (Å²) in [5.74, 6) is -1.41. The molecule has 0 aromatic carbocycles. The van der Waals surface area contributed by atoms with Crippen molar-refractivity contribution in [3.8, 4) is 0 Å². The minimum atomic E-state index is -3.28. The van der Waals surface area contributed by atoms with E-state index in [2.05, 4.69) is 0 Å². The van der Waals surface area contributed by atoms with Crippen LogP contribution in [0.15, 0.2) is 0 Å². The van der Waals surface area contributed by atoms with Gasteiger partial charge >= 0.3 is 5.97 Å². The van der Waals surface area contributed by atoms with Gasteiger partial charge in [0.15, 0.2) is 0 Å². The van der Waals surface area contributed by atoms with Crippen molar-refractivity contribution in [3.63, 3.8) is 0 Å². The van der Waals surface area contributed by atoms with Gasteiger partial charge in [-0.15, -0.1) is 0 Å². The van der Waals surface area contributed by atoms with Gasteiger partial charge in [0.05, 0.1) is 11.2 Å². The van der Waals surface area contributed by atoms with Crippen LogP contribution in [0.5, 0.6) is 0 Å². The third-order valence-corrected chi connectivity index (χ3v) is 6.43. The smallest absolute Gasteiger partial charge is 0.307 e. The highest BCUT2D eigenvalue weighted by Gasteiger charge is 2.37. The highest BCUT2D eigenvalue weighted by Crippen LogP contribution is 2.29. The zero-order chi connectivity index (χ0) is 13.2. The van der Waals surface area contributed by atoms with Crippen LogP contribution in [0.1, 0.15) is 44.9 Å². The summed E-state index contributed by atoms with van der Waals surface area (Å²) in [4.78, 5) is 11.0. The number of aliphatic carboxylic acids is 1. The molecule has 18 heavy (non-hydrogen) atoms. The average Bonchev–Trinajstić information content (AvgIpc) is 2.40. The molecule has 1 N–H and O–H groups in total. The summed E-state index contributed by atoms with van der Waals surface area (Å²) in [6.45, 7) is 0.650. The van der Waals surface area contributed by atoms with Crippen molar-refractivity contribution < 1.29 is 18.3 Å². The van der Waals surface area contributed by atoms with Gasteiger partial charge in [-0.3, -0.25) is 4.79 Å². The molecule has 5 nitrogen and oxygen atoms in total. The van der Waals surface area contributed by atoms with Crippen LogP contribution in [0.4, 0.5) is 0 Å². The van der Waals surface area contributed by atoms with Gasteiger partial charge in [-0.05, 0) is 25.7 Å². The van der Waals surface area contributed by atoms with Gasteiger partial charge in [0.2, 0.25) is 10.0 Å². The van der Waals surface area contributed by atoms with E-state index in [9.17, 15) is 13.2 Å². The summed E-state index contributed by atoms with van der Waals surface area (Å²) in [7, 11) is -3.28. The highest BCUT2D eigenvalue weighted by atomic mass is 32.2. The second-order valence-corrected chi connectivity index (χ2v) is 7.55. The van der Waals surface area contributed by atoms with Gasteiger partial charge in [-0.1, -0.05) is 19.3 Å². The van der Waals surface area contributed by atoms with Crippen LogP contribution in [0.2, 0.25) is 0 Å². The van der Waals surface area contributed by atoms with E-state index < -0.39 is 21.9 Å². The van der Waals surface area contributed by atoms with Crippen LogP contribution in [-0.4, -0.2) is 42.1 Å². The van der Waals surface area contributed by atoms with Gasteiger partial charge in [0.25, 0.3) is 0 Å². The van der Waals surface area contributed by atoms with Crippen LogP contribution < -0.4 is 0 Å². The number of hydrogen-bond donors (Lipinski definition) is 1. The predicted octanol–water partition coefficient (Wildman–Crippen LogP) is 1.45. The number of carboxylic acid groups (broad SMARTS) is 1. The van der Waals surface area contributed by atoms with E-state index >= 15 is 0 Å². The molecule has 0 aromatic rings. The molecule has 1 aliphatic heterocycles. The molecular formula is C12H21NO4S. The molecule has 1 heterocycles. The Balaban J connectivity index is 2.06. The molecule has 0 radical (unpaired) electrons. The van der Waals surface area contributed by atoms with E-state index in [1.54, 1.807) is 0 Å². The van der Waals surface area contributed by atoms with E-state index in [4.69, 9.17) is 5.11 Å². The molecule has 2 fully saturated rings. The largest absolute Gasteiger partial charge is 0.481 e. The zero-order valence-electron chi connectivity index (χ0n) is 10.5. The van der Waals surface area contributed by atoms with Gasteiger partial charge in [-0.25, -0.2) is 12.7 Å². The van der Waals surface area contributed by atoms with Gasteiger partial charge < -0.3 is 5.11 Å². The summed E-state index contributed by atoms with van der Waals surface area (Å²) in [5, 5.41) is 8.73. The molecule has 1 saturated heterocycles. The molecule has 104 valence electrons. The van der Waals surface area contributed by atoms with Crippen LogP contribution in [-0.2, 0) is 14.8 Å². The second-order valence-electron chi connectivity index (χ2n) is 5.34. The summed E-state index contributed by atoms with van der Waals surface area (Å²) >= 11 is 0. The second kappa shape index (κ2) is 5.57. The Kier molecular flexibility index (Phi) is 4.27. The van der Waals surface area contributed by atoms with Crippen molar-refractivity contribution in [3.05, 3.63) is 0 Å². The number of carbonyl (C=O) groups is 1. The van der Waals surface area contributed by atoms with Crippen molar-refractivity contribution in [1.29, 1.82) is 0 Å². The Morgan fingerprint density at radius 3 is 2.33 bits per heavy atom. The van der Waals surface area contributed by atoms with Crippen LogP contribution in [0.3, 0.4) is 0 Å². The molecule has 2 aliphatic rings. The van der Waals surface area contributed by atoms with Crippen molar-refractivity contribution in [2.24, 2.45) is 5.92 Å². The number of nitrogens with zero attached hydrogens (tertiary/aromatic N) is 1. The van der Waals surface area contributed by atoms with Gasteiger partial charge in [0, 0.05) is 13.1 Å². The molecule has 2 rings (SSSR count). The molecule has 0 unspecified atom stereocenters. The van der Waals surface area contributed by atoms with Crippen LogP contribution in [0.25, 0.3) is 0 Å².